The molecule has 0 aliphatic heterocycles. The fourth-order valence-corrected chi connectivity index (χ4v) is 2.18. The number of aryl methyl sites for hydroxylation is 1. The van der Waals surface area contributed by atoms with Crippen molar-refractivity contribution < 1.29 is 32.3 Å². The monoisotopic (exact) mass is 394 g/mol. The summed E-state index contributed by atoms with van der Waals surface area (Å²) in [6.45, 7) is 2.51. The smallest absolute Gasteiger partial charge is 0.338 e. The third-order valence-corrected chi connectivity index (χ3v) is 3.64. The number of benzene rings is 2. The van der Waals surface area contributed by atoms with Crippen LogP contribution in [0, 0.1) is 24.4 Å². The quantitative estimate of drug-likeness (QED) is 0.583. The van der Waals surface area contributed by atoms with Crippen molar-refractivity contribution in [3.8, 4) is 0 Å². The summed E-state index contributed by atoms with van der Waals surface area (Å²) in [5.74, 6) is -7.02. The zero-order valence-electron chi connectivity index (χ0n) is 15.0. The van der Waals surface area contributed by atoms with E-state index in [1.165, 1.54) is 13.0 Å². The van der Waals surface area contributed by atoms with Crippen molar-refractivity contribution in [1.82, 2.24) is 5.32 Å². The first-order chi connectivity index (χ1) is 13.2. The van der Waals surface area contributed by atoms with Crippen LogP contribution in [0.15, 0.2) is 36.4 Å². The minimum Gasteiger partial charge on any atom is -0.449 e. The van der Waals surface area contributed by atoms with E-state index < -0.39 is 53.6 Å². The van der Waals surface area contributed by atoms with Gasteiger partial charge in [-0.2, -0.15) is 0 Å². The molecule has 2 rings (SSSR count). The molecule has 6 nitrogen and oxygen atoms in total. The van der Waals surface area contributed by atoms with Crippen molar-refractivity contribution in [3.63, 3.8) is 0 Å². The van der Waals surface area contributed by atoms with Crippen molar-refractivity contribution in [1.29, 1.82) is 0 Å². The van der Waals surface area contributed by atoms with Gasteiger partial charge in [-0.25, -0.2) is 18.0 Å². The maximum atomic E-state index is 13.5. The first-order valence-electron chi connectivity index (χ1n) is 8.17. The molecule has 0 saturated heterocycles. The zero-order valence-corrected chi connectivity index (χ0v) is 15.0. The number of amides is 2. The Hall–Kier alpha value is -3.36. The summed E-state index contributed by atoms with van der Waals surface area (Å²) in [4.78, 5) is 35.7. The van der Waals surface area contributed by atoms with E-state index in [1.807, 2.05) is 5.32 Å². The van der Waals surface area contributed by atoms with Gasteiger partial charge in [0.15, 0.2) is 23.6 Å². The molecule has 0 aliphatic carbocycles. The van der Waals surface area contributed by atoms with Crippen LogP contribution in [-0.4, -0.2) is 30.4 Å². The maximum absolute atomic E-state index is 13.5. The largest absolute Gasteiger partial charge is 0.449 e. The van der Waals surface area contributed by atoms with E-state index in [-0.39, 0.29) is 5.56 Å². The fraction of sp³-hybridized carbons (Fsp3) is 0.211. The highest BCUT2D eigenvalue weighted by molar-refractivity contribution is 5.96. The molecule has 0 aromatic heterocycles. The second-order valence-electron chi connectivity index (χ2n) is 5.91. The van der Waals surface area contributed by atoms with Crippen LogP contribution >= 0.6 is 0 Å². The van der Waals surface area contributed by atoms with Crippen LogP contribution in [0.3, 0.4) is 0 Å². The minimum atomic E-state index is -1.72. The van der Waals surface area contributed by atoms with E-state index in [2.05, 4.69) is 5.32 Å². The topological polar surface area (TPSA) is 84.5 Å². The molecule has 2 aromatic carbocycles. The predicted molar refractivity (Wildman–Crippen MR) is 94.0 cm³/mol. The molecule has 0 heterocycles. The molecular formula is C19H17F3N2O4. The van der Waals surface area contributed by atoms with Crippen LogP contribution < -0.4 is 10.6 Å². The number of carbonyl (C=O) groups is 3. The van der Waals surface area contributed by atoms with Crippen LogP contribution in [0.5, 0.6) is 0 Å². The Morgan fingerprint density at radius 1 is 1.07 bits per heavy atom. The van der Waals surface area contributed by atoms with Crippen molar-refractivity contribution in [3.05, 3.63) is 65.0 Å². The molecule has 0 aliphatic rings. The molecule has 0 spiro atoms. The number of nitrogens with one attached hydrogen (secondary N) is 2. The zero-order chi connectivity index (χ0) is 20.8. The molecule has 2 aromatic rings. The van der Waals surface area contributed by atoms with Gasteiger partial charge in [-0.1, -0.05) is 17.7 Å². The number of hydrogen-bond donors (Lipinski definition) is 2. The molecule has 2 amide bonds. The Morgan fingerprint density at radius 2 is 1.79 bits per heavy atom. The summed E-state index contributed by atoms with van der Waals surface area (Å²) in [7, 11) is 0. The Kier molecular flexibility index (Phi) is 6.75. The summed E-state index contributed by atoms with van der Waals surface area (Å²) in [5, 5.41) is 4.20. The van der Waals surface area contributed by atoms with Gasteiger partial charge >= 0.3 is 5.97 Å². The Morgan fingerprint density at radius 3 is 2.46 bits per heavy atom. The Balaban J connectivity index is 1.86. The normalized spacial score (nSPS) is 11.5. The predicted octanol–water partition coefficient (Wildman–Crippen LogP) is 2.71. The van der Waals surface area contributed by atoms with Crippen LogP contribution in [0.1, 0.15) is 22.8 Å². The average Bonchev–Trinajstić information content (AvgIpc) is 2.66. The third kappa shape index (κ3) is 5.32. The summed E-state index contributed by atoms with van der Waals surface area (Å²) in [5.41, 5.74) is 0.538. The fourth-order valence-electron chi connectivity index (χ4n) is 2.18. The highest BCUT2D eigenvalue weighted by Gasteiger charge is 2.20. The van der Waals surface area contributed by atoms with E-state index in [1.54, 1.807) is 25.1 Å². The van der Waals surface area contributed by atoms with Gasteiger partial charge in [-0.05, 0) is 38.1 Å². The molecule has 1 atom stereocenters. The second-order valence-corrected chi connectivity index (χ2v) is 5.91. The van der Waals surface area contributed by atoms with Crippen LogP contribution in [-0.2, 0) is 14.3 Å². The minimum absolute atomic E-state index is 0.270. The summed E-state index contributed by atoms with van der Waals surface area (Å²) in [6, 6.07) is 8.08. The number of rotatable bonds is 6. The van der Waals surface area contributed by atoms with Gasteiger partial charge in [0.25, 0.3) is 5.91 Å². The van der Waals surface area contributed by atoms with Crippen molar-refractivity contribution >= 4 is 23.5 Å². The summed E-state index contributed by atoms with van der Waals surface area (Å²) in [6.07, 6.45) is -1.19. The number of esters is 1. The number of carbonyl (C=O) groups excluding carboxylic acids is 3. The lowest BCUT2D eigenvalue weighted by molar-refractivity contribution is -0.130. The van der Waals surface area contributed by atoms with Gasteiger partial charge in [-0.15, -0.1) is 0 Å². The van der Waals surface area contributed by atoms with Gasteiger partial charge in [0.2, 0.25) is 5.91 Å². The lowest BCUT2D eigenvalue weighted by Crippen LogP contribution is -2.40. The molecule has 0 radical (unpaired) electrons. The van der Waals surface area contributed by atoms with E-state index in [0.717, 1.165) is 11.6 Å². The average molecular weight is 394 g/mol. The van der Waals surface area contributed by atoms with Gasteiger partial charge in [-0.3, -0.25) is 9.59 Å². The maximum Gasteiger partial charge on any atom is 0.338 e. The molecule has 28 heavy (non-hydrogen) atoms. The van der Waals surface area contributed by atoms with Crippen LogP contribution in [0.25, 0.3) is 0 Å². The van der Waals surface area contributed by atoms with Crippen LogP contribution in [0.4, 0.5) is 18.9 Å². The summed E-state index contributed by atoms with van der Waals surface area (Å²) >= 11 is 0. The van der Waals surface area contributed by atoms with Crippen LogP contribution in [0.2, 0.25) is 0 Å². The lowest BCUT2D eigenvalue weighted by atomic mass is 10.1. The first kappa shape index (κ1) is 20.9. The highest BCUT2D eigenvalue weighted by Crippen LogP contribution is 2.19. The van der Waals surface area contributed by atoms with Gasteiger partial charge in [0, 0.05) is 0 Å². The van der Waals surface area contributed by atoms with E-state index in [4.69, 9.17) is 4.74 Å². The Labute approximate surface area is 158 Å². The molecule has 0 fully saturated rings. The lowest BCUT2D eigenvalue weighted by Gasteiger charge is -2.14. The molecule has 2 N–H and O–H groups in total. The van der Waals surface area contributed by atoms with E-state index >= 15 is 0 Å². The third-order valence-electron chi connectivity index (χ3n) is 3.64. The molecule has 0 saturated carbocycles. The van der Waals surface area contributed by atoms with Gasteiger partial charge < -0.3 is 15.4 Å². The SMILES string of the molecule is Cc1cccc(C(=O)OC(C)C(=O)NCC(=O)Nc2ccc(F)c(F)c2F)c1. The number of anilines is 1. The van der Waals surface area contributed by atoms with Gasteiger partial charge in [0.05, 0.1) is 17.8 Å². The van der Waals surface area contributed by atoms with Gasteiger partial charge in [0.1, 0.15) is 0 Å². The second kappa shape index (κ2) is 9.03. The first-order valence-corrected chi connectivity index (χ1v) is 8.17. The van der Waals surface area contributed by atoms with Crippen molar-refractivity contribution in [2.45, 2.75) is 20.0 Å². The number of hydrogen-bond acceptors (Lipinski definition) is 4. The highest BCUT2D eigenvalue weighted by atomic mass is 19.2. The van der Waals surface area contributed by atoms with E-state index in [9.17, 15) is 27.6 Å². The molecule has 1 unspecified atom stereocenters. The molecule has 148 valence electrons. The molecule has 9 heteroatoms. The molecule has 0 bridgehead atoms. The number of ether oxygens (including phenoxy) is 1. The Bertz CT molecular complexity index is 918. The summed E-state index contributed by atoms with van der Waals surface area (Å²) < 4.78 is 44.5. The van der Waals surface area contributed by atoms with Crippen molar-refractivity contribution in [2.24, 2.45) is 0 Å². The van der Waals surface area contributed by atoms with E-state index in [0.29, 0.717) is 6.07 Å². The standard InChI is InChI=1S/C19H17F3N2O4/c1-10-4-3-5-12(8-10)19(27)28-11(2)18(26)23-9-15(25)24-14-7-6-13(20)16(21)17(14)22/h3-8,11H,9H2,1-2H3,(H,23,26)(H,24,25). The van der Waals surface area contributed by atoms with Crippen molar-refractivity contribution in [2.75, 3.05) is 11.9 Å². The molecular weight excluding hydrogens is 377 g/mol. The number of halogens is 3.